The van der Waals surface area contributed by atoms with E-state index in [1.54, 1.807) is 23.6 Å². The predicted octanol–water partition coefficient (Wildman–Crippen LogP) is 3.26. The summed E-state index contributed by atoms with van der Waals surface area (Å²) in [6, 6.07) is 8.95. The van der Waals surface area contributed by atoms with Gasteiger partial charge in [0.05, 0.1) is 4.90 Å². The maximum Gasteiger partial charge on any atom is 0.262 e. The molecule has 20 heavy (non-hydrogen) atoms. The van der Waals surface area contributed by atoms with E-state index in [1.807, 2.05) is 19.1 Å². The standard InChI is InChI=1S/C13H15IN2O2S2/c1-2-15-8-12-7-13(9-19-12)20(17,18)16-11-5-3-10(14)4-6-11/h3-7,9,15-16H,2,8H2,1H3. The molecule has 2 aromatic rings. The van der Waals surface area contributed by atoms with Crippen LogP contribution in [-0.4, -0.2) is 15.0 Å². The van der Waals surface area contributed by atoms with E-state index in [2.05, 4.69) is 32.6 Å². The normalized spacial score (nSPS) is 11.5. The number of rotatable bonds is 6. The van der Waals surface area contributed by atoms with Crippen molar-refractivity contribution in [3.05, 3.63) is 44.2 Å². The Morgan fingerprint density at radius 3 is 2.60 bits per heavy atom. The lowest BCUT2D eigenvalue weighted by molar-refractivity contribution is 0.601. The summed E-state index contributed by atoms with van der Waals surface area (Å²) in [6.07, 6.45) is 0. The molecule has 0 bridgehead atoms. The molecule has 0 saturated heterocycles. The van der Waals surface area contributed by atoms with E-state index in [0.29, 0.717) is 17.1 Å². The van der Waals surface area contributed by atoms with Gasteiger partial charge in [-0.05, 0) is 59.5 Å². The van der Waals surface area contributed by atoms with Crippen molar-refractivity contribution in [1.29, 1.82) is 0 Å². The number of hydrogen-bond donors (Lipinski definition) is 2. The van der Waals surface area contributed by atoms with Crippen LogP contribution in [0.3, 0.4) is 0 Å². The first kappa shape index (κ1) is 15.7. The first-order valence-electron chi connectivity index (χ1n) is 6.08. The molecule has 4 nitrogen and oxygen atoms in total. The first-order valence-corrected chi connectivity index (χ1v) is 9.52. The number of anilines is 1. The van der Waals surface area contributed by atoms with Crippen LogP contribution in [0.1, 0.15) is 11.8 Å². The van der Waals surface area contributed by atoms with Gasteiger partial charge in [-0.3, -0.25) is 4.72 Å². The van der Waals surface area contributed by atoms with Gasteiger partial charge in [0.15, 0.2) is 0 Å². The van der Waals surface area contributed by atoms with Crippen molar-refractivity contribution in [2.75, 3.05) is 11.3 Å². The van der Waals surface area contributed by atoms with Crippen molar-refractivity contribution >= 4 is 49.6 Å². The van der Waals surface area contributed by atoms with E-state index >= 15 is 0 Å². The lowest BCUT2D eigenvalue weighted by atomic mass is 10.3. The SMILES string of the molecule is CCNCc1cc(S(=O)(=O)Nc2ccc(I)cc2)cs1. The highest BCUT2D eigenvalue weighted by atomic mass is 127. The average molecular weight is 422 g/mol. The lowest BCUT2D eigenvalue weighted by Gasteiger charge is -2.06. The van der Waals surface area contributed by atoms with Crippen molar-refractivity contribution in [2.45, 2.75) is 18.4 Å². The van der Waals surface area contributed by atoms with Crippen molar-refractivity contribution in [2.24, 2.45) is 0 Å². The summed E-state index contributed by atoms with van der Waals surface area (Å²) >= 11 is 3.63. The zero-order chi connectivity index (χ0) is 14.6. The third-order valence-electron chi connectivity index (χ3n) is 2.59. The predicted molar refractivity (Wildman–Crippen MR) is 91.7 cm³/mol. The number of hydrogen-bond acceptors (Lipinski definition) is 4. The molecular weight excluding hydrogens is 407 g/mol. The maximum absolute atomic E-state index is 12.2. The number of halogens is 1. The van der Waals surface area contributed by atoms with Crippen LogP contribution in [-0.2, 0) is 16.6 Å². The van der Waals surface area contributed by atoms with Crippen LogP contribution >= 0.6 is 33.9 Å². The second-order valence-electron chi connectivity index (χ2n) is 4.14. The average Bonchev–Trinajstić information content (AvgIpc) is 2.88. The minimum atomic E-state index is -3.50. The molecule has 0 unspecified atom stereocenters. The van der Waals surface area contributed by atoms with E-state index in [0.717, 1.165) is 15.0 Å². The topological polar surface area (TPSA) is 58.2 Å². The largest absolute Gasteiger partial charge is 0.312 e. The Hall–Kier alpha value is -0.640. The Morgan fingerprint density at radius 2 is 1.95 bits per heavy atom. The Labute approximate surface area is 136 Å². The van der Waals surface area contributed by atoms with Gasteiger partial charge in [-0.1, -0.05) is 6.92 Å². The first-order chi connectivity index (χ1) is 9.51. The van der Waals surface area contributed by atoms with Gasteiger partial charge in [0.2, 0.25) is 0 Å². The van der Waals surface area contributed by atoms with Gasteiger partial charge in [-0.25, -0.2) is 8.42 Å². The van der Waals surface area contributed by atoms with E-state index in [4.69, 9.17) is 0 Å². The van der Waals surface area contributed by atoms with E-state index in [9.17, 15) is 8.42 Å². The van der Waals surface area contributed by atoms with Gasteiger partial charge < -0.3 is 5.32 Å². The summed E-state index contributed by atoms with van der Waals surface area (Å²) in [6.45, 7) is 3.57. The van der Waals surface area contributed by atoms with Gasteiger partial charge >= 0.3 is 0 Å². The molecule has 0 saturated carbocycles. The van der Waals surface area contributed by atoms with E-state index in [1.165, 1.54) is 11.3 Å². The molecule has 0 atom stereocenters. The molecule has 108 valence electrons. The Kier molecular flexibility index (Phi) is 5.42. The van der Waals surface area contributed by atoms with Crippen molar-refractivity contribution < 1.29 is 8.42 Å². The zero-order valence-electron chi connectivity index (χ0n) is 10.9. The molecule has 0 aliphatic rings. The molecule has 0 amide bonds. The third kappa shape index (κ3) is 4.18. The van der Waals surface area contributed by atoms with E-state index < -0.39 is 10.0 Å². The molecule has 0 aliphatic heterocycles. The van der Waals surface area contributed by atoms with Crippen LogP contribution in [0.25, 0.3) is 0 Å². The summed E-state index contributed by atoms with van der Waals surface area (Å²) in [7, 11) is -3.50. The maximum atomic E-state index is 12.2. The monoisotopic (exact) mass is 422 g/mol. The molecule has 0 spiro atoms. The molecule has 1 aromatic heterocycles. The van der Waals surface area contributed by atoms with Crippen LogP contribution in [0.15, 0.2) is 40.6 Å². The van der Waals surface area contributed by atoms with Crippen LogP contribution in [0, 0.1) is 3.57 Å². The Balaban J connectivity index is 2.13. The summed E-state index contributed by atoms with van der Waals surface area (Å²) in [4.78, 5) is 1.32. The van der Waals surface area contributed by atoms with Crippen LogP contribution < -0.4 is 10.0 Å². The molecule has 7 heteroatoms. The molecule has 0 radical (unpaired) electrons. The molecule has 2 rings (SSSR count). The van der Waals surface area contributed by atoms with Crippen molar-refractivity contribution in [3.63, 3.8) is 0 Å². The van der Waals surface area contributed by atoms with Gasteiger partial charge in [0, 0.05) is 26.1 Å². The van der Waals surface area contributed by atoms with Crippen LogP contribution in [0.2, 0.25) is 0 Å². The van der Waals surface area contributed by atoms with Crippen LogP contribution in [0.5, 0.6) is 0 Å². The smallest absolute Gasteiger partial charge is 0.262 e. The number of nitrogens with one attached hydrogen (secondary N) is 2. The van der Waals surface area contributed by atoms with Crippen molar-refractivity contribution in [1.82, 2.24) is 5.32 Å². The molecule has 0 fully saturated rings. The molecule has 0 aliphatic carbocycles. The third-order valence-corrected chi connectivity index (χ3v) is 5.75. The van der Waals surface area contributed by atoms with Crippen LogP contribution in [0.4, 0.5) is 5.69 Å². The fraction of sp³-hybridized carbons (Fsp3) is 0.231. The van der Waals surface area contributed by atoms with Gasteiger partial charge in [-0.2, -0.15) is 0 Å². The second kappa shape index (κ2) is 6.88. The van der Waals surface area contributed by atoms with Gasteiger partial charge in [0.1, 0.15) is 0 Å². The number of benzene rings is 1. The highest BCUT2D eigenvalue weighted by molar-refractivity contribution is 14.1. The summed E-state index contributed by atoms with van der Waals surface area (Å²) in [5, 5.41) is 4.85. The lowest BCUT2D eigenvalue weighted by Crippen LogP contribution is -2.12. The summed E-state index contributed by atoms with van der Waals surface area (Å²) in [5.41, 5.74) is 0.574. The molecule has 2 N–H and O–H groups in total. The Bertz CT molecular complexity index is 666. The van der Waals surface area contributed by atoms with E-state index in [-0.39, 0.29) is 0 Å². The van der Waals surface area contributed by atoms with Gasteiger partial charge in [-0.15, -0.1) is 11.3 Å². The Morgan fingerprint density at radius 1 is 1.25 bits per heavy atom. The zero-order valence-corrected chi connectivity index (χ0v) is 14.7. The fourth-order valence-electron chi connectivity index (χ4n) is 1.57. The summed E-state index contributed by atoms with van der Waals surface area (Å²) in [5.74, 6) is 0. The van der Waals surface area contributed by atoms with Crippen molar-refractivity contribution in [3.8, 4) is 0 Å². The number of thiophene rings is 1. The van der Waals surface area contributed by atoms with Gasteiger partial charge in [0.25, 0.3) is 10.0 Å². The summed E-state index contributed by atoms with van der Waals surface area (Å²) < 4.78 is 28.1. The molecule has 1 aromatic carbocycles. The second-order valence-corrected chi connectivity index (χ2v) is 8.07. The highest BCUT2D eigenvalue weighted by Crippen LogP contribution is 2.22. The molecule has 1 heterocycles. The highest BCUT2D eigenvalue weighted by Gasteiger charge is 2.16. The number of sulfonamides is 1. The molecular formula is C13H15IN2O2S2. The fourth-order valence-corrected chi connectivity index (χ4v) is 4.24. The minimum absolute atomic E-state index is 0.314. The minimum Gasteiger partial charge on any atom is -0.312 e. The quantitative estimate of drug-likeness (QED) is 0.703.